The number of aliphatic hydroxyl groups is 3. The van der Waals surface area contributed by atoms with E-state index in [9.17, 15) is 39.3 Å². The quantitative estimate of drug-likeness (QED) is 0.0641. The number of hydrogen-bond acceptors (Lipinski definition) is 11. The second-order valence-corrected chi connectivity index (χ2v) is 16.7. The van der Waals surface area contributed by atoms with Crippen LogP contribution in [0.5, 0.6) is 0 Å². The molecule has 17 heteroatoms. The maximum absolute atomic E-state index is 14.1. The molecule has 0 fully saturated rings. The molecule has 0 bridgehead atoms. The van der Waals surface area contributed by atoms with Crippen LogP contribution in [0.3, 0.4) is 0 Å². The minimum atomic E-state index is -1.39. The molecule has 0 aliphatic heterocycles. The first kappa shape index (κ1) is 49.7. The summed E-state index contributed by atoms with van der Waals surface area (Å²) < 4.78 is 5.16. The summed E-state index contributed by atoms with van der Waals surface area (Å²) in [5.41, 5.74) is 6.21. The molecule has 2 rings (SSSR count). The van der Waals surface area contributed by atoms with Crippen LogP contribution in [-0.2, 0) is 36.8 Å². The molecule has 0 spiro atoms. The SMILES string of the molecule is CC(C)C[C@H](NC(=O)C[C@H](O)[C@H](CC(C)C)NC(=O)[C@H](Cc1cnc[nH]1)NC(=O)[C@H](Cc1ccccc1)NC(=O)OC(C)(C)C)C(=O)[N+](CCO)(CCO)CCCN. The number of benzene rings is 1. The minimum Gasteiger partial charge on any atom is -0.444 e. The van der Waals surface area contributed by atoms with Crippen molar-refractivity contribution in [2.75, 3.05) is 39.4 Å². The highest BCUT2D eigenvalue weighted by Crippen LogP contribution is 2.18. The molecule has 2 aromatic rings. The number of rotatable bonds is 25. The lowest BCUT2D eigenvalue weighted by atomic mass is 9.95. The lowest BCUT2D eigenvalue weighted by Crippen LogP contribution is -2.63. The molecule has 0 aliphatic carbocycles. The number of alkyl carbamates (subject to hydrolysis) is 1. The first-order valence-electron chi connectivity index (χ1n) is 20.2. The van der Waals surface area contributed by atoms with Crippen molar-refractivity contribution < 1.29 is 48.5 Å². The van der Waals surface area contributed by atoms with Gasteiger partial charge in [-0.1, -0.05) is 58.0 Å². The lowest BCUT2D eigenvalue weighted by Gasteiger charge is -2.38. The zero-order valence-corrected chi connectivity index (χ0v) is 35.3. The van der Waals surface area contributed by atoms with Gasteiger partial charge in [-0.15, -0.1) is 0 Å². The number of nitrogens with zero attached hydrogens (tertiary/aromatic N) is 2. The Morgan fingerprint density at radius 1 is 0.828 bits per heavy atom. The summed E-state index contributed by atoms with van der Waals surface area (Å²) in [7, 11) is 0. The summed E-state index contributed by atoms with van der Waals surface area (Å²) in [5.74, 6) is -2.35. The van der Waals surface area contributed by atoms with Gasteiger partial charge in [-0.2, -0.15) is 0 Å². The number of carbonyl (C=O) groups is 5. The van der Waals surface area contributed by atoms with Gasteiger partial charge >= 0.3 is 12.0 Å². The zero-order valence-electron chi connectivity index (χ0n) is 35.3. The van der Waals surface area contributed by atoms with E-state index in [0.29, 0.717) is 18.7 Å². The average Bonchev–Trinajstić information content (AvgIpc) is 3.65. The van der Waals surface area contributed by atoms with E-state index in [-0.39, 0.29) is 80.8 Å². The molecule has 1 aromatic carbocycles. The van der Waals surface area contributed by atoms with Gasteiger partial charge in [0.2, 0.25) is 17.7 Å². The number of aromatic nitrogens is 2. The smallest absolute Gasteiger partial charge is 0.408 e. The van der Waals surface area contributed by atoms with Crippen LogP contribution in [-0.4, -0.2) is 135 Å². The number of hydrogen-bond donors (Lipinski definition) is 9. The Hall–Kier alpha value is -4.42. The van der Waals surface area contributed by atoms with Crippen molar-refractivity contribution in [2.45, 2.75) is 123 Å². The molecular formula is C41H69N8O9+. The van der Waals surface area contributed by atoms with Crippen LogP contribution in [0.25, 0.3) is 0 Å². The number of nitrogens with two attached hydrogens (primary N) is 1. The van der Waals surface area contributed by atoms with E-state index < -0.39 is 66.1 Å². The Kier molecular flexibility index (Phi) is 21.0. The number of H-pyrrole nitrogens is 1. The largest absolute Gasteiger partial charge is 0.444 e. The van der Waals surface area contributed by atoms with Gasteiger partial charge in [-0.25, -0.2) is 14.6 Å². The van der Waals surface area contributed by atoms with Crippen molar-refractivity contribution in [3.63, 3.8) is 0 Å². The molecule has 10 N–H and O–H groups in total. The fourth-order valence-electron chi connectivity index (χ4n) is 6.76. The first-order chi connectivity index (χ1) is 27.3. The van der Waals surface area contributed by atoms with E-state index in [1.807, 2.05) is 45.9 Å². The van der Waals surface area contributed by atoms with Crippen LogP contribution in [0.15, 0.2) is 42.9 Å². The van der Waals surface area contributed by atoms with Gasteiger partial charge < -0.3 is 52.0 Å². The number of nitrogens with one attached hydrogen (secondary N) is 5. The molecule has 0 radical (unpaired) electrons. The predicted octanol–water partition coefficient (Wildman–Crippen LogP) is 1.06. The number of quaternary nitrogens is 1. The molecule has 1 heterocycles. The number of ether oxygens (including phenoxy) is 1. The fraction of sp³-hybridized carbons (Fsp3) is 0.659. The molecule has 5 amide bonds. The fourth-order valence-corrected chi connectivity index (χ4v) is 6.76. The summed E-state index contributed by atoms with van der Waals surface area (Å²) in [4.78, 5) is 75.5. The van der Waals surface area contributed by atoms with Crippen LogP contribution in [0.4, 0.5) is 4.79 Å². The second-order valence-electron chi connectivity index (χ2n) is 16.7. The summed E-state index contributed by atoms with van der Waals surface area (Å²) in [6.07, 6.45) is 1.36. The van der Waals surface area contributed by atoms with Crippen LogP contribution in [0, 0.1) is 11.8 Å². The van der Waals surface area contributed by atoms with E-state index in [2.05, 4.69) is 31.2 Å². The van der Waals surface area contributed by atoms with Crippen LogP contribution in [0.2, 0.25) is 0 Å². The molecule has 0 saturated carbocycles. The normalized spacial score (nSPS) is 14.6. The highest BCUT2D eigenvalue weighted by molar-refractivity contribution is 5.92. The zero-order chi connectivity index (χ0) is 43.5. The van der Waals surface area contributed by atoms with Crippen molar-refractivity contribution >= 4 is 29.7 Å². The van der Waals surface area contributed by atoms with E-state index in [0.717, 1.165) is 5.56 Å². The van der Waals surface area contributed by atoms with Crippen molar-refractivity contribution in [3.05, 3.63) is 54.1 Å². The van der Waals surface area contributed by atoms with Crippen molar-refractivity contribution in [2.24, 2.45) is 17.6 Å². The number of amides is 5. The van der Waals surface area contributed by atoms with E-state index >= 15 is 0 Å². The van der Waals surface area contributed by atoms with Gasteiger partial charge in [-0.3, -0.25) is 18.9 Å². The molecule has 326 valence electrons. The van der Waals surface area contributed by atoms with Crippen LogP contribution in [0.1, 0.15) is 85.4 Å². The summed E-state index contributed by atoms with van der Waals surface area (Å²) in [6, 6.07) is 4.80. The number of carbonyl (C=O) groups excluding carboxylic acids is 5. The molecule has 1 aromatic heterocycles. The lowest BCUT2D eigenvalue weighted by molar-refractivity contribution is -0.856. The van der Waals surface area contributed by atoms with Crippen LogP contribution < -0.4 is 27.0 Å². The third-order valence-electron chi connectivity index (χ3n) is 9.47. The average molecular weight is 818 g/mol. The maximum atomic E-state index is 14.1. The van der Waals surface area contributed by atoms with Crippen molar-refractivity contribution in [1.82, 2.24) is 31.2 Å². The molecule has 17 nitrogen and oxygen atoms in total. The van der Waals surface area contributed by atoms with Gasteiger partial charge in [0.15, 0.2) is 0 Å². The third-order valence-corrected chi connectivity index (χ3v) is 9.47. The molecule has 58 heavy (non-hydrogen) atoms. The number of imidazole rings is 1. The Balaban J connectivity index is 2.35. The molecule has 0 aliphatic rings. The van der Waals surface area contributed by atoms with Gasteiger partial charge in [0, 0.05) is 31.2 Å². The summed E-state index contributed by atoms with van der Waals surface area (Å²) in [5, 5.41) is 42.3. The first-order valence-corrected chi connectivity index (χ1v) is 20.2. The summed E-state index contributed by atoms with van der Waals surface area (Å²) in [6.45, 7) is 12.7. The maximum Gasteiger partial charge on any atom is 0.408 e. The molecular weight excluding hydrogens is 748 g/mol. The van der Waals surface area contributed by atoms with Gasteiger partial charge in [0.25, 0.3) is 0 Å². The van der Waals surface area contributed by atoms with E-state index in [1.165, 1.54) is 12.5 Å². The van der Waals surface area contributed by atoms with E-state index in [4.69, 9.17) is 10.5 Å². The standard InChI is InChI=1S/C41H68N8O9/c1-27(2)20-31(35(52)24-36(53)45-34(21-28(3)4)39(56)49(16-18-50,17-19-51)15-11-14-42)46-38(55)33(23-30-25-43-26-44-30)47-37(54)32(22-29-12-9-8-10-13-29)48-40(57)58-41(5,6)7/h8-10,12-13,25-28,31-35,50-52H,11,14-24,42H2,1-7H3,(H4-,43,44,45,46,47,48,53,54,55,57)/p+1/t31-,32-,33-,34-,35-/m0/s1. The Morgan fingerprint density at radius 3 is 1.97 bits per heavy atom. The summed E-state index contributed by atoms with van der Waals surface area (Å²) >= 11 is 0. The van der Waals surface area contributed by atoms with E-state index in [1.54, 1.807) is 32.9 Å². The second kappa shape index (κ2) is 24.5. The van der Waals surface area contributed by atoms with Gasteiger partial charge in [-0.05, 0) is 57.6 Å². The Morgan fingerprint density at radius 2 is 1.43 bits per heavy atom. The molecule has 0 unspecified atom stereocenters. The monoisotopic (exact) mass is 818 g/mol. The number of aliphatic hydroxyl groups excluding tert-OH is 3. The Labute approximate surface area is 342 Å². The van der Waals surface area contributed by atoms with Gasteiger partial charge in [0.05, 0.1) is 44.7 Å². The highest BCUT2D eigenvalue weighted by atomic mass is 16.6. The minimum absolute atomic E-state index is 0.0135. The van der Waals surface area contributed by atoms with Crippen molar-refractivity contribution in [3.8, 4) is 0 Å². The van der Waals surface area contributed by atoms with Crippen molar-refractivity contribution in [1.29, 1.82) is 0 Å². The van der Waals surface area contributed by atoms with Crippen LogP contribution >= 0.6 is 0 Å². The topological polar surface area (TPSA) is 258 Å². The highest BCUT2D eigenvalue weighted by Gasteiger charge is 2.42. The number of aromatic amines is 1. The Bertz CT molecular complexity index is 1540. The molecule has 0 saturated heterocycles. The van der Waals surface area contributed by atoms with Gasteiger partial charge in [0.1, 0.15) is 36.8 Å². The third kappa shape index (κ3) is 17.6. The molecule has 5 atom stereocenters. The predicted molar refractivity (Wildman–Crippen MR) is 219 cm³/mol.